The zero-order valence-electron chi connectivity index (χ0n) is 12.0. The first kappa shape index (κ1) is 14.3. The molecule has 1 heterocycles. The molecule has 0 aromatic rings. The van der Waals surface area contributed by atoms with Crippen molar-refractivity contribution >= 4 is 0 Å². The van der Waals surface area contributed by atoms with Crippen molar-refractivity contribution in [2.45, 2.75) is 51.0 Å². The van der Waals surface area contributed by atoms with Gasteiger partial charge in [-0.1, -0.05) is 6.42 Å². The molecule has 3 heteroatoms. The number of likely N-dealkylation sites (tertiary alicyclic amines) is 1. The van der Waals surface area contributed by atoms with E-state index in [0.717, 1.165) is 18.6 Å². The van der Waals surface area contributed by atoms with E-state index in [1.807, 2.05) is 7.11 Å². The average molecular weight is 254 g/mol. The molecule has 0 aromatic carbocycles. The fraction of sp³-hybridized carbons (Fsp3) is 1.00. The van der Waals surface area contributed by atoms with E-state index in [9.17, 15) is 0 Å². The first-order valence-electron chi connectivity index (χ1n) is 7.83. The first-order chi connectivity index (χ1) is 8.88. The Balaban J connectivity index is 1.40. The van der Waals surface area contributed by atoms with Crippen molar-refractivity contribution in [3.63, 3.8) is 0 Å². The highest BCUT2D eigenvalue weighted by atomic mass is 16.5. The molecule has 1 aliphatic carbocycles. The van der Waals surface area contributed by atoms with Gasteiger partial charge in [0.25, 0.3) is 0 Å². The highest BCUT2D eigenvalue weighted by Crippen LogP contribution is 2.19. The van der Waals surface area contributed by atoms with Crippen molar-refractivity contribution < 1.29 is 4.74 Å². The summed E-state index contributed by atoms with van der Waals surface area (Å²) in [7, 11) is 1.82. The van der Waals surface area contributed by atoms with Crippen LogP contribution in [0.3, 0.4) is 0 Å². The van der Waals surface area contributed by atoms with Crippen LogP contribution in [0.2, 0.25) is 0 Å². The second-order valence-corrected chi connectivity index (χ2v) is 6.03. The molecule has 0 unspecified atom stereocenters. The number of rotatable bonds is 9. The summed E-state index contributed by atoms with van der Waals surface area (Å²) >= 11 is 0. The van der Waals surface area contributed by atoms with Crippen LogP contribution >= 0.6 is 0 Å². The molecule has 2 fully saturated rings. The fourth-order valence-corrected chi connectivity index (χ4v) is 2.84. The predicted molar refractivity (Wildman–Crippen MR) is 75.9 cm³/mol. The molecule has 0 bridgehead atoms. The fourth-order valence-electron chi connectivity index (χ4n) is 2.84. The lowest BCUT2D eigenvalue weighted by Gasteiger charge is -2.31. The Hall–Kier alpha value is -0.120. The number of ether oxygens (including phenoxy) is 1. The standard InChI is InChI=1S/C15H30N2O/c1-18-13-14-7-11-17(12-8-14)10-4-2-3-9-16-15-5-6-15/h14-16H,2-13H2,1H3. The van der Waals surface area contributed by atoms with Crippen molar-refractivity contribution in [2.75, 3.05) is 39.9 Å². The molecule has 106 valence electrons. The Labute approximate surface area is 112 Å². The summed E-state index contributed by atoms with van der Waals surface area (Å²) in [4.78, 5) is 2.64. The van der Waals surface area contributed by atoms with Crippen molar-refractivity contribution in [1.29, 1.82) is 0 Å². The van der Waals surface area contributed by atoms with E-state index in [-0.39, 0.29) is 0 Å². The molecule has 0 atom stereocenters. The molecular weight excluding hydrogens is 224 g/mol. The van der Waals surface area contributed by atoms with Crippen molar-refractivity contribution in [3.05, 3.63) is 0 Å². The van der Waals surface area contributed by atoms with Crippen LogP contribution in [0.4, 0.5) is 0 Å². The van der Waals surface area contributed by atoms with Crippen LogP contribution in [0.1, 0.15) is 44.9 Å². The number of nitrogens with zero attached hydrogens (tertiary/aromatic N) is 1. The van der Waals surface area contributed by atoms with Gasteiger partial charge < -0.3 is 15.0 Å². The van der Waals surface area contributed by atoms with E-state index in [0.29, 0.717) is 0 Å². The lowest BCUT2D eigenvalue weighted by molar-refractivity contribution is 0.0988. The Bertz CT molecular complexity index is 211. The molecular formula is C15H30N2O. The van der Waals surface area contributed by atoms with Gasteiger partial charge in [-0.3, -0.25) is 0 Å². The van der Waals surface area contributed by atoms with Gasteiger partial charge in [0.05, 0.1) is 0 Å². The van der Waals surface area contributed by atoms with Gasteiger partial charge in [-0.15, -0.1) is 0 Å². The van der Waals surface area contributed by atoms with Crippen LogP contribution in [0, 0.1) is 5.92 Å². The average Bonchev–Trinajstić information content (AvgIpc) is 3.20. The van der Waals surface area contributed by atoms with Gasteiger partial charge in [-0.2, -0.15) is 0 Å². The van der Waals surface area contributed by atoms with Gasteiger partial charge in [0.1, 0.15) is 0 Å². The van der Waals surface area contributed by atoms with Gasteiger partial charge in [0, 0.05) is 19.8 Å². The molecule has 0 amide bonds. The maximum absolute atomic E-state index is 5.24. The number of unbranched alkanes of at least 4 members (excludes halogenated alkanes) is 2. The topological polar surface area (TPSA) is 24.5 Å². The summed E-state index contributed by atoms with van der Waals surface area (Å²) in [5.41, 5.74) is 0. The predicted octanol–water partition coefficient (Wildman–Crippen LogP) is 2.27. The SMILES string of the molecule is COCC1CCN(CCCCCNC2CC2)CC1. The normalized spacial score (nSPS) is 22.5. The summed E-state index contributed by atoms with van der Waals surface area (Å²) in [6, 6.07) is 0.879. The van der Waals surface area contributed by atoms with Crippen LogP contribution in [0.15, 0.2) is 0 Å². The van der Waals surface area contributed by atoms with E-state index in [4.69, 9.17) is 4.74 Å². The molecule has 2 aliphatic rings. The molecule has 1 saturated heterocycles. The first-order valence-corrected chi connectivity index (χ1v) is 7.83. The number of hydrogen-bond donors (Lipinski definition) is 1. The Morgan fingerprint density at radius 1 is 1.06 bits per heavy atom. The largest absolute Gasteiger partial charge is 0.384 e. The highest BCUT2D eigenvalue weighted by molar-refractivity contribution is 4.80. The number of methoxy groups -OCH3 is 1. The van der Waals surface area contributed by atoms with Crippen molar-refractivity contribution in [1.82, 2.24) is 10.2 Å². The minimum atomic E-state index is 0.814. The van der Waals surface area contributed by atoms with E-state index >= 15 is 0 Å². The lowest BCUT2D eigenvalue weighted by atomic mass is 9.97. The highest BCUT2D eigenvalue weighted by Gasteiger charge is 2.20. The molecule has 1 aliphatic heterocycles. The Morgan fingerprint density at radius 2 is 1.83 bits per heavy atom. The molecule has 3 nitrogen and oxygen atoms in total. The monoisotopic (exact) mass is 254 g/mol. The zero-order valence-corrected chi connectivity index (χ0v) is 12.0. The summed E-state index contributed by atoms with van der Waals surface area (Å²) < 4.78 is 5.24. The van der Waals surface area contributed by atoms with Crippen molar-refractivity contribution in [3.8, 4) is 0 Å². The van der Waals surface area contributed by atoms with Gasteiger partial charge >= 0.3 is 0 Å². The van der Waals surface area contributed by atoms with Crippen LogP contribution in [-0.2, 0) is 4.74 Å². The third kappa shape index (κ3) is 5.68. The molecule has 1 N–H and O–H groups in total. The van der Waals surface area contributed by atoms with Gasteiger partial charge in [-0.05, 0) is 70.6 Å². The molecule has 18 heavy (non-hydrogen) atoms. The lowest BCUT2D eigenvalue weighted by Crippen LogP contribution is -2.35. The van der Waals surface area contributed by atoms with E-state index in [1.165, 1.54) is 71.1 Å². The smallest absolute Gasteiger partial charge is 0.0491 e. The Morgan fingerprint density at radius 3 is 2.50 bits per heavy atom. The summed E-state index contributed by atoms with van der Waals surface area (Å²) in [6.07, 6.45) is 9.61. The molecule has 0 spiro atoms. The second-order valence-electron chi connectivity index (χ2n) is 6.03. The van der Waals surface area contributed by atoms with E-state index in [1.54, 1.807) is 0 Å². The van der Waals surface area contributed by atoms with E-state index < -0.39 is 0 Å². The van der Waals surface area contributed by atoms with Crippen molar-refractivity contribution in [2.24, 2.45) is 5.92 Å². The van der Waals surface area contributed by atoms with Gasteiger partial charge in [0.15, 0.2) is 0 Å². The maximum Gasteiger partial charge on any atom is 0.0491 e. The third-order valence-corrected chi connectivity index (χ3v) is 4.27. The number of hydrogen-bond acceptors (Lipinski definition) is 3. The summed E-state index contributed by atoms with van der Waals surface area (Å²) in [6.45, 7) is 6.08. The Kier molecular flexibility index (Phi) is 6.46. The maximum atomic E-state index is 5.24. The third-order valence-electron chi connectivity index (χ3n) is 4.27. The van der Waals surface area contributed by atoms with Crippen LogP contribution in [0.25, 0.3) is 0 Å². The quantitative estimate of drug-likeness (QED) is 0.639. The summed E-state index contributed by atoms with van der Waals surface area (Å²) in [5, 5.41) is 3.59. The second kappa shape index (κ2) is 8.13. The molecule has 0 aromatic heterocycles. The van der Waals surface area contributed by atoms with Crippen LogP contribution in [0.5, 0.6) is 0 Å². The molecule has 0 radical (unpaired) electrons. The van der Waals surface area contributed by atoms with Crippen LogP contribution < -0.4 is 5.32 Å². The van der Waals surface area contributed by atoms with E-state index in [2.05, 4.69) is 10.2 Å². The zero-order chi connectivity index (χ0) is 12.6. The minimum Gasteiger partial charge on any atom is -0.384 e. The molecule has 2 rings (SSSR count). The molecule has 1 saturated carbocycles. The van der Waals surface area contributed by atoms with Gasteiger partial charge in [-0.25, -0.2) is 0 Å². The number of piperidine rings is 1. The number of nitrogens with one attached hydrogen (secondary N) is 1. The minimum absolute atomic E-state index is 0.814. The summed E-state index contributed by atoms with van der Waals surface area (Å²) in [5.74, 6) is 0.814. The van der Waals surface area contributed by atoms with Gasteiger partial charge in [0.2, 0.25) is 0 Å². The van der Waals surface area contributed by atoms with Crippen LogP contribution in [-0.4, -0.2) is 50.8 Å².